The highest BCUT2D eigenvalue weighted by atomic mass is 15.1. The number of nitrogens with zero attached hydrogens (tertiary/aromatic N) is 1. The van der Waals surface area contributed by atoms with Crippen LogP contribution in [0.1, 0.15) is 30.4 Å². The minimum atomic E-state index is 1.07. The van der Waals surface area contributed by atoms with Gasteiger partial charge in [-0.25, -0.2) is 0 Å². The van der Waals surface area contributed by atoms with E-state index in [-0.39, 0.29) is 0 Å². The molecule has 0 N–H and O–H groups in total. The summed E-state index contributed by atoms with van der Waals surface area (Å²) in [4.78, 5) is 2.51. The van der Waals surface area contributed by atoms with Gasteiger partial charge in [0.15, 0.2) is 0 Å². The summed E-state index contributed by atoms with van der Waals surface area (Å²) in [5, 5.41) is 0. The Morgan fingerprint density at radius 1 is 0.773 bits per heavy atom. The quantitative estimate of drug-likeness (QED) is 0.697. The molecule has 0 spiro atoms. The van der Waals surface area contributed by atoms with E-state index in [2.05, 4.69) is 72.2 Å². The molecular weight excluding hydrogens is 266 g/mol. The zero-order valence-electron chi connectivity index (χ0n) is 13.0. The maximum atomic E-state index is 4.28. The summed E-state index contributed by atoms with van der Waals surface area (Å²) in [5.74, 6) is 0. The highest BCUT2D eigenvalue weighted by molar-refractivity contribution is 5.82. The number of benzene rings is 2. The van der Waals surface area contributed by atoms with Crippen LogP contribution in [0.15, 0.2) is 73.3 Å². The molecule has 0 amide bonds. The largest absolute Gasteiger partial charge is 0.371 e. The van der Waals surface area contributed by atoms with E-state index in [9.17, 15) is 0 Å². The lowest BCUT2D eigenvalue weighted by Gasteiger charge is -2.31. The summed E-state index contributed by atoms with van der Waals surface area (Å²) in [6.45, 7) is 6.57. The molecule has 112 valence electrons. The van der Waals surface area contributed by atoms with Gasteiger partial charge in [0.1, 0.15) is 0 Å². The van der Waals surface area contributed by atoms with E-state index >= 15 is 0 Å². The van der Waals surface area contributed by atoms with E-state index in [1.807, 2.05) is 6.07 Å². The van der Waals surface area contributed by atoms with Crippen LogP contribution >= 0.6 is 0 Å². The predicted molar refractivity (Wildman–Crippen MR) is 95.3 cm³/mol. The first-order chi connectivity index (χ1) is 10.8. The average molecular weight is 289 g/mol. The Bertz CT molecular complexity index is 634. The van der Waals surface area contributed by atoms with Crippen molar-refractivity contribution in [2.24, 2.45) is 0 Å². The second-order valence-electron chi connectivity index (χ2n) is 5.83. The molecule has 1 fully saturated rings. The zero-order valence-corrected chi connectivity index (χ0v) is 13.0. The van der Waals surface area contributed by atoms with Crippen molar-refractivity contribution in [1.29, 1.82) is 0 Å². The predicted octanol–water partition coefficient (Wildman–Crippen LogP) is 5.23. The van der Waals surface area contributed by atoms with E-state index < -0.39 is 0 Å². The van der Waals surface area contributed by atoms with Crippen LogP contribution in [0.25, 0.3) is 11.3 Å². The molecule has 0 aromatic heterocycles. The Hall–Kier alpha value is -2.28. The molecule has 22 heavy (non-hydrogen) atoms. The van der Waals surface area contributed by atoms with E-state index in [0.29, 0.717) is 0 Å². The lowest BCUT2D eigenvalue weighted by Crippen LogP contribution is -2.28. The Kier molecular flexibility index (Phi) is 4.75. The van der Waals surface area contributed by atoms with Gasteiger partial charge >= 0.3 is 0 Å². The van der Waals surface area contributed by atoms with Crippen LogP contribution in [0.4, 0.5) is 0 Å². The fourth-order valence-corrected chi connectivity index (χ4v) is 3.00. The number of hydrogen-bond donors (Lipinski definition) is 0. The monoisotopic (exact) mass is 289 g/mol. The summed E-state index contributed by atoms with van der Waals surface area (Å²) in [6, 6.07) is 21.1. The summed E-state index contributed by atoms with van der Waals surface area (Å²) in [6.07, 6.45) is 6.15. The van der Waals surface area contributed by atoms with E-state index in [0.717, 1.165) is 18.7 Å². The van der Waals surface area contributed by atoms with Crippen LogP contribution in [0.2, 0.25) is 0 Å². The van der Waals surface area contributed by atoms with Gasteiger partial charge in [0, 0.05) is 18.8 Å². The lowest BCUT2D eigenvalue weighted by atomic mass is 10.0. The topological polar surface area (TPSA) is 3.24 Å². The van der Waals surface area contributed by atoms with Gasteiger partial charge in [-0.2, -0.15) is 0 Å². The van der Waals surface area contributed by atoms with Crippen molar-refractivity contribution < 1.29 is 0 Å². The highest BCUT2D eigenvalue weighted by Crippen LogP contribution is 2.27. The van der Waals surface area contributed by atoms with Gasteiger partial charge in [-0.05, 0) is 42.0 Å². The van der Waals surface area contributed by atoms with Crippen molar-refractivity contribution >= 4 is 11.3 Å². The van der Waals surface area contributed by atoms with Crippen LogP contribution in [0.3, 0.4) is 0 Å². The Balaban J connectivity index is 1.94. The van der Waals surface area contributed by atoms with Crippen LogP contribution in [0.5, 0.6) is 0 Å². The molecule has 1 aliphatic rings. The van der Waals surface area contributed by atoms with Gasteiger partial charge in [-0.15, -0.1) is 0 Å². The van der Waals surface area contributed by atoms with E-state index in [4.69, 9.17) is 0 Å². The zero-order chi connectivity index (χ0) is 15.2. The van der Waals surface area contributed by atoms with Crippen LogP contribution in [-0.2, 0) is 0 Å². The molecule has 2 aromatic carbocycles. The van der Waals surface area contributed by atoms with Gasteiger partial charge in [0.25, 0.3) is 0 Å². The number of hydrogen-bond acceptors (Lipinski definition) is 1. The van der Waals surface area contributed by atoms with Crippen LogP contribution < -0.4 is 0 Å². The maximum Gasteiger partial charge on any atom is 0.0445 e. The van der Waals surface area contributed by atoms with Crippen molar-refractivity contribution in [3.63, 3.8) is 0 Å². The SMILES string of the molecule is C=C(/C=C(\c1ccccc1)N1CCCCC1)c1ccccc1. The lowest BCUT2D eigenvalue weighted by molar-refractivity contribution is 0.326. The van der Waals surface area contributed by atoms with E-state index in [1.165, 1.54) is 36.1 Å². The molecule has 1 saturated heterocycles. The minimum absolute atomic E-state index is 1.07. The molecule has 0 radical (unpaired) electrons. The van der Waals surface area contributed by atoms with Gasteiger partial charge in [0.05, 0.1) is 0 Å². The average Bonchev–Trinajstić information content (AvgIpc) is 2.62. The highest BCUT2D eigenvalue weighted by Gasteiger charge is 2.15. The summed E-state index contributed by atoms with van der Waals surface area (Å²) in [5.41, 5.74) is 4.84. The fraction of sp³-hybridized carbons (Fsp3) is 0.238. The third-order valence-corrected chi connectivity index (χ3v) is 4.22. The normalized spacial score (nSPS) is 15.6. The Labute approximate surface area is 133 Å². The first kappa shape index (κ1) is 14.6. The second kappa shape index (κ2) is 7.13. The molecule has 0 bridgehead atoms. The fourth-order valence-electron chi connectivity index (χ4n) is 3.00. The van der Waals surface area contributed by atoms with Gasteiger partial charge < -0.3 is 4.90 Å². The van der Waals surface area contributed by atoms with Gasteiger partial charge in [-0.1, -0.05) is 67.2 Å². The van der Waals surface area contributed by atoms with Gasteiger partial charge in [0.2, 0.25) is 0 Å². The smallest absolute Gasteiger partial charge is 0.0445 e. The Morgan fingerprint density at radius 2 is 1.32 bits per heavy atom. The molecule has 1 heteroatoms. The third-order valence-electron chi connectivity index (χ3n) is 4.22. The minimum Gasteiger partial charge on any atom is -0.371 e. The molecule has 0 saturated carbocycles. The second-order valence-corrected chi connectivity index (χ2v) is 5.83. The van der Waals surface area contributed by atoms with Crippen molar-refractivity contribution in [2.45, 2.75) is 19.3 Å². The molecule has 1 heterocycles. The molecule has 3 rings (SSSR count). The molecule has 2 aromatic rings. The standard InChI is InChI=1S/C21H23N/c1-18(19-11-5-2-6-12-19)17-21(20-13-7-3-8-14-20)22-15-9-4-10-16-22/h2-3,5-8,11-14,17H,1,4,9-10,15-16H2/b21-17+. The maximum absolute atomic E-state index is 4.28. The van der Waals surface area contributed by atoms with Crippen LogP contribution in [-0.4, -0.2) is 18.0 Å². The number of likely N-dealkylation sites (tertiary alicyclic amines) is 1. The van der Waals surface area contributed by atoms with Crippen LogP contribution in [0, 0.1) is 0 Å². The van der Waals surface area contributed by atoms with Gasteiger partial charge in [-0.3, -0.25) is 0 Å². The molecule has 0 atom stereocenters. The molecule has 1 aliphatic heterocycles. The Morgan fingerprint density at radius 3 is 1.91 bits per heavy atom. The molecular formula is C21H23N. The number of allylic oxidation sites excluding steroid dienone is 2. The summed E-state index contributed by atoms with van der Waals surface area (Å²) >= 11 is 0. The number of rotatable bonds is 4. The first-order valence-electron chi connectivity index (χ1n) is 8.11. The van der Waals surface area contributed by atoms with E-state index in [1.54, 1.807) is 0 Å². The number of piperidine rings is 1. The molecule has 1 nitrogen and oxygen atoms in total. The summed E-state index contributed by atoms with van der Waals surface area (Å²) < 4.78 is 0. The molecule has 0 unspecified atom stereocenters. The van der Waals surface area contributed by atoms with Crippen molar-refractivity contribution in [3.05, 3.63) is 84.4 Å². The summed E-state index contributed by atoms with van der Waals surface area (Å²) in [7, 11) is 0. The van der Waals surface area contributed by atoms with Crippen molar-refractivity contribution in [2.75, 3.05) is 13.1 Å². The van der Waals surface area contributed by atoms with Crippen molar-refractivity contribution in [1.82, 2.24) is 4.90 Å². The molecule has 0 aliphatic carbocycles. The third kappa shape index (κ3) is 3.48. The van der Waals surface area contributed by atoms with Crippen molar-refractivity contribution in [3.8, 4) is 0 Å². The first-order valence-corrected chi connectivity index (χ1v) is 8.11.